The van der Waals surface area contributed by atoms with Crippen LogP contribution in [0.25, 0.3) is 0 Å². The molecule has 0 unspecified atom stereocenters. The van der Waals surface area contributed by atoms with Crippen molar-refractivity contribution in [2.45, 2.75) is 39.9 Å². The summed E-state index contributed by atoms with van der Waals surface area (Å²) in [6.07, 6.45) is -0.221. The Morgan fingerprint density at radius 3 is 2.00 bits per heavy atom. The Hall–Kier alpha value is -1.77. The van der Waals surface area contributed by atoms with Crippen LogP contribution in [-0.4, -0.2) is 23.8 Å². The van der Waals surface area contributed by atoms with Crippen LogP contribution in [0, 0.1) is 11.3 Å². The molecule has 0 aliphatic heterocycles. The molecule has 0 saturated carbocycles. The first-order chi connectivity index (χ1) is 6.97. The van der Waals surface area contributed by atoms with Crippen LogP contribution in [0.4, 0.5) is 0 Å². The van der Waals surface area contributed by atoms with E-state index in [4.69, 9.17) is 20.7 Å². The van der Waals surface area contributed by atoms with E-state index in [0.717, 1.165) is 0 Å². The fourth-order valence-corrected chi connectivity index (χ4v) is 0.488. The van der Waals surface area contributed by atoms with Crippen molar-refractivity contribution in [2.75, 3.05) is 0 Å². The number of hydrogen-bond acceptors (Lipinski definition) is 5. The summed E-state index contributed by atoms with van der Waals surface area (Å²) in [5, 5.41) is 15.8. The molecule has 0 amide bonds. The Morgan fingerprint density at radius 1 is 1.13 bits per heavy atom. The first kappa shape index (κ1) is 13.2. The number of nitriles is 1. The summed E-state index contributed by atoms with van der Waals surface area (Å²) in [6, 6.07) is 1.77. The molecule has 0 saturated heterocycles. The number of nitrogens with two attached hydrogens (primary N) is 1. The zero-order chi connectivity index (χ0) is 11.8. The van der Waals surface area contributed by atoms with E-state index in [2.05, 4.69) is 10.3 Å². The highest BCUT2D eigenvalue weighted by molar-refractivity contribution is 6.46. The van der Waals surface area contributed by atoms with Crippen molar-refractivity contribution in [1.82, 2.24) is 0 Å². The first-order valence-electron chi connectivity index (χ1n) is 4.61. The van der Waals surface area contributed by atoms with Crippen LogP contribution in [0.1, 0.15) is 27.7 Å². The Balaban J connectivity index is 4.48. The van der Waals surface area contributed by atoms with E-state index in [1.165, 1.54) is 0 Å². The summed E-state index contributed by atoms with van der Waals surface area (Å²) in [4.78, 5) is 9.74. The van der Waals surface area contributed by atoms with E-state index in [9.17, 15) is 0 Å². The van der Waals surface area contributed by atoms with Crippen LogP contribution < -0.4 is 5.73 Å². The minimum absolute atomic E-state index is 0.0909. The quantitative estimate of drug-likeness (QED) is 0.417. The van der Waals surface area contributed by atoms with Gasteiger partial charge in [-0.25, -0.2) is 0 Å². The molecule has 0 aromatic rings. The summed E-state index contributed by atoms with van der Waals surface area (Å²) < 4.78 is 0. The van der Waals surface area contributed by atoms with Gasteiger partial charge in [-0.3, -0.25) is 0 Å². The highest BCUT2D eigenvalue weighted by atomic mass is 16.6. The van der Waals surface area contributed by atoms with Crippen molar-refractivity contribution in [3.05, 3.63) is 0 Å². The maximum atomic E-state index is 8.70. The molecule has 0 heterocycles. The van der Waals surface area contributed by atoms with Crippen LogP contribution in [0.2, 0.25) is 0 Å². The molecule has 6 heteroatoms. The Bertz CT molecular complexity index is 289. The molecule has 0 bridgehead atoms. The van der Waals surface area contributed by atoms with Crippen LogP contribution in [0.15, 0.2) is 10.3 Å². The summed E-state index contributed by atoms with van der Waals surface area (Å²) in [6.45, 7) is 7.17. The summed E-state index contributed by atoms with van der Waals surface area (Å²) in [5.41, 5.74) is 5.36. The molecule has 6 nitrogen and oxygen atoms in total. The molecule has 0 rings (SSSR count). The standard InChI is InChI=1S/C9H16N4O2/c1-6(2)14-12-8(5-10)9(11)13-15-7(3)4/h6-7H,1-4H3,(H2,11,13)/b12-8-. The van der Waals surface area contributed by atoms with Gasteiger partial charge in [0, 0.05) is 0 Å². The lowest BCUT2D eigenvalue weighted by Gasteiger charge is -2.04. The SMILES string of the molecule is CC(C)O/N=C(N)/C(C#N)=N\OC(C)C. The maximum Gasteiger partial charge on any atom is 0.224 e. The van der Waals surface area contributed by atoms with Crippen molar-refractivity contribution >= 4 is 11.5 Å². The average Bonchev–Trinajstić information content (AvgIpc) is 2.15. The number of oxime groups is 2. The molecular formula is C9H16N4O2. The van der Waals surface area contributed by atoms with Crippen molar-refractivity contribution in [2.24, 2.45) is 16.0 Å². The predicted molar refractivity (Wildman–Crippen MR) is 57.1 cm³/mol. The van der Waals surface area contributed by atoms with Crippen molar-refractivity contribution in [3.63, 3.8) is 0 Å². The van der Waals surface area contributed by atoms with E-state index in [1.807, 2.05) is 0 Å². The third-order valence-electron chi connectivity index (χ3n) is 1.07. The molecule has 0 aromatic carbocycles. The van der Waals surface area contributed by atoms with Crippen LogP contribution in [0.5, 0.6) is 0 Å². The van der Waals surface area contributed by atoms with Gasteiger partial charge in [-0.05, 0) is 27.7 Å². The van der Waals surface area contributed by atoms with E-state index in [-0.39, 0.29) is 23.8 Å². The zero-order valence-corrected chi connectivity index (χ0v) is 9.39. The minimum Gasteiger partial charge on any atom is -0.392 e. The highest BCUT2D eigenvalue weighted by Gasteiger charge is 2.06. The molecule has 0 aromatic heterocycles. The van der Waals surface area contributed by atoms with Gasteiger partial charge in [0.05, 0.1) is 0 Å². The lowest BCUT2D eigenvalue weighted by Crippen LogP contribution is -2.24. The van der Waals surface area contributed by atoms with Gasteiger partial charge in [0.1, 0.15) is 18.3 Å². The zero-order valence-electron chi connectivity index (χ0n) is 9.39. The Labute approximate surface area is 89.3 Å². The fraction of sp³-hybridized carbons (Fsp3) is 0.667. The Kier molecular flexibility index (Phi) is 5.86. The molecule has 84 valence electrons. The first-order valence-corrected chi connectivity index (χ1v) is 4.61. The summed E-state index contributed by atoms with van der Waals surface area (Å²) >= 11 is 0. The van der Waals surface area contributed by atoms with Gasteiger partial charge in [-0.1, -0.05) is 10.3 Å². The largest absolute Gasteiger partial charge is 0.392 e. The lowest BCUT2D eigenvalue weighted by atomic mass is 10.4. The van der Waals surface area contributed by atoms with Gasteiger partial charge in [0.25, 0.3) is 0 Å². The highest BCUT2D eigenvalue weighted by Crippen LogP contribution is 1.92. The van der Waals surface area contributed by atoms with E-state index < -0.39 is 0 Å². The Morgan fingerprint density at radius 2 is 1.60 bits per heavy atom. The molecule has 0 aliphatic rings. The topological polar surface area (TPSA) is 93.0 Å². The van der Waals surface area contributed by atoms with E-state index in [0.29, 0.717) is 0 Å². The molecule has 0 aliphatic carbocycles. The number of nitrogens with zero attached hydrogens (tertiary/aromatic N) is 3. The van der Waals surface area contributed by atoms with E-state index >= 15 is 0 Å². The molecule has 0 fully saturated rings. The second-order valence-electron chi connectivity index (χ2n) is 3.34. The maximum absolute atomic E-state index is 8.70. The number of hydrogen-bond donors (Lipinski definition) is 1. The van der Waals surface area contributed by atoms with Crippen molar-refractivity contribution in [1.29, 1.82) is 5.26 Å². The second kappa shape index (κ2) is 6.65. The third-order valence-corrected chi connectivity index (χ3v) is 1.07. The molecule has 15 heavy (non-hydrogen) atoms. The smallest absolute Gasteiger partial charge is 0.224 e. The molecule has 0 radical (unpaired) electrons. The molecule has 0 spiro atoms. The summed E-state index contributed by atoms with van der Waals surface area (Å²) in [5.74, 6) is -0.0909. The van der Waals surface area contributed by atoms with Crippen LogP contribution in [0.3, 0.4) is 0 Å². The molecule has 0 atom stereocenters. The van der Waals surface area contributed by atoms with Crippen LogP contribution in [-0.2, 0) is 9.68 Å². The second-order valence-corrected chi connectivity index (χ2v) is 3.34. The van der Waals surface area contributed by atoms with Gasteiger partial charge >= 0.3 is 0 Å². The number of rotatable bonds is 5. The van der Waals surface area contributed by atoms with Gasteiger partial charge in [0.2, 0.25) is 11.5 Å². The number of amidine groups is 1. The van der Waals surface area contributed by atoms with Crippen LogP contribution >= 0.6 is 0 Å². The van der Waals surface area contributed by atoms with E-state index in [1.54, 1.807) is 33.8 Å². The molecule has 2 N–H and O–H groups in total. The third kappa shape index (κ3) is 6.32. The van der Waals surface area contributed by atoms with Crippen molar-refractivity contribution in [3.8, 4) is 6.07 Å². The monoisotopic (exact) mass is 212 g/mol. The normalized spacial score (nSPS) is 12.9. The summed E-state index contributed by atoms with van der Waals surface area (Å²) in [7, 11) is 0. The fourth-order valence-electron chi connectivity index (χ4n) is 0.488. The minimum atomic E-state index is -0.118. The average molecular weight is 212 g/mol. The van der Waals surface area contributed by atoms with Crippen molar-refractivity contribution < 1.29 is 9.68 Å². The van der Waals surface area contributed by atoms with Gasteiger partial charge < -0.3 is 15.4 Å². The predicted octanol–water partition coefficient (Wildman–Crippen LogP) is 0.988. The lowest BCUT2D eigenvalue weighted by molar-refractivity contribution is 0.0832. The van der Waals surface area contributed by atoms with Gasteiger partial charge in [-0.15, -0.1) is 0 Å². The van der Waals surface area contributed by atoms with Gasteiger partial charge in [0.15, 0.2) is 0 Å². The van der Waals surface area contributed by atoms with Gasteiger partial charge in [-0.2, -0.15) is 5.26 Å². The molecular weight excluding hydrogens is 196 g/mol.